The van der Waals surface area contributed by atoms with Crippen LogP contribution in [0.4, 0.5) is 17.2 Å². The number of nitro groups is 1. The second-order valence-electron chi connectivity index (χ2n) is 3.69. The van der Waals surface area contributed by atoms with Gasteiger partial charge < -0.3 is 11.1 Å². The van der Waals surface area contributed by atoms with Gasteiger partial charge in [0, 0.05) is 11.3 Å². The zero-order valence-electron chi connectivity index (χ0n) is 9.91. The van der Waals surface area contributed by atoms with E-state index in [2.05, 4.69) is 15.3 Å². The van der Waals surface area contributed by atoms with Crippen LogP contribution in [0, 0.1) is 10.1 Å². The highest BCUT2D eigenvalue weighted by atomic mass is 35.5. The number of hydrogen-bond acceptors (Lipinski definition) is 6. The molecule has 1 heterocycles. The molecule has 3 N–H and O–H groups in total. The molecular weight excluding hydrogens is 286 g/mol. The number of amides is 1. The highest BCUT2D eigenvalue weighted by molar-refractivity contribution is 6.31. The molecule has 1 aromatic heterocycles. The summed E-state index contributed by atoms with van der Waals surface area (Å²) in [4.78, 5) is 28.5. The lowest BCUT2D eigenvalue weighted by Gasteiger charge is -2.06. The first-order valence-corrected chi connectivity index (χ1v) is 5.68. The van der Waals surface area contributed by atoms with Gasteiger partial charge in [-0.25, -0.2) is 9.97 Å². The van der Waals surface area contributed by atoms with Crippen molar-refractivity contribution in [3.8, 4) is 0 Å². The molecular formula is C11H8ClN5O3. The zero-order valence-corrected chi connectivity index (χ0v) is 10.7. The minimum atomic E-state index is -0.678. The Balaban J connectivity index is 2.33. The van der Waals surface area contributed by atoms with Gasteiger partial charge in [0.05, 0.1) is 4.92 Å². The first-order valence-electron chi connectivity index (χ1n) is 5.31. The number of rotatable bonds is 4. The number of benzene rings is 1. The Morgan fingerprint density at radius 2 is 1.95 bits per heavy atom. The number of halogens is 1. The summed E-state index contributed by atoms with van der Waals surface area (Å²) >= 11 is 5.66. The minimum Gasteiger partial charge on any atom is -0.366 e. The second-order valence-corrected chi connectivity index (χ2v) is 4.04. The molecule has 0 saturated heterocycles. The van der Waals surface area contributed by atoms with Gasteiger partial charge in [-0.2, -0.15) is 0 Å². The van der Waals surface area contributed by atoms with Crippen LogP contribution in [0.2, 0.25) is 5.15 Å². The highest BCUT2D eigenvalue weighted by Gasteiger charge is 2.21. The number of primary amides is 1. The smallest absolute Gasteiger partial charge is 0.348 e. The number of nitrogens with two attached hydrogens (primary N) is 1. The number of nitrogens with one attached hydrogen (secondary N) is 1. The molecule has 2 rings (SSSR count). The van der Waals surface area contributed by atoms with Gasteiger partial charge in [0.25, 0.3) is 0 Å². The SMILES string of the molecule is NC(=O)c1ccc(Nc2ncnc(Cl)c2[N+](=O)[O-])cc1. The molecule has 0 bridgehead atoms. The fourth-order valence-corrected chi connectivity index (χ4v) is 1.67. The molecule has 0 radical (unpaired) electrons. The molecule has 2 aromatic rings. The van der Waals surface area contributed by atoms with E-state index in [0.29, 0.717) is 11.3 Å². The van der Waals surface area contributed by atoms with Crippen molar-refractivity contribution in [1.29, 1.82) is 0 Å². The van der Waals surface area contributed by atoms with Crippen LogP contribution in [0.15, 0.2) is 30.6 Å². The Hall–Kier alpha value is -2.74. The molecule has 0 aliphatic carbocycles. The number of aromatic nitrogens is 2. The van der Waals surface area contributed by atoms with Crippen LogP contribution in [-0.2, 0) is 0 Å². The van der Waals surface area contributed by atoms with Crippen molar-refractivity contribution in [3.05, 3.63) is 51.4 Å². The molecule has 8 nitrogen and oxygen atoms in total. The van der Waals surface area contributed by atoms with E-state index in [1.165, 1.54) is 12.1 Å². The lowest BCUT2D eigenvalue weighted by molar-refractivity contribution is -0.384. The third-order valence-corrected chi connectivity index (χ3v) is 2.67. The topological polar surface area (TPSA) is 124 Å². The standard InChI is InChI=1S/C11H8ClN5O3/c12-9-8(17(19)20)11(15-5-14-9)16-7-3-1-6(2-4-7)10(13)18/h1-5H,(H2,13,18)(H,14,15,16). The Bertz CT molecular complexity index is 674. The first kappa shape index (κ1) is 13.7. The van der Waals surface area contributed by atoms with Gasteiger partial charge in [-0.05, 0) is 24.3 Å². The highest BCUT2D eigenvalue weighted by Crippen LogP contribution is 2.30. The molecule has 0 fully saturated rings. The summed E-state index contributed by atoms with van der Waals surface area (Å²) in [6, 6.07) is 6.05. The predicted molar refractivity (Wildman–Crippen MR) is 71.9 cm³/mol. The molecule has 1 aromatic carbocycles. The van der Waals surface area contributed by atoms with Gasteiger partial charge >= 0.3 is 5.69 Å². The lowest BCUT2D eigenvalue weighted by atomic mass is 10.2. The summed E-state index contributed by atoms with van der Waals surface area (Å²) < 4.78 is 0. The van der Waals surface area contributed by atoms with Crippen molar-refractivity contribution in [2.24, 2.45) is 5.73 Å². The molecule has 0 saturated carbocycles. The summed E-state index contributed by atoms with van der Waals surface area (Å²) in [5.74, 6) is -0.602. The van der Waals surface area contributed by atoms with Gasteiger partial charge in [0.15, 0.2) is 0 Å². The average Bonchev–Trinajstić information content (AvgIpc) is 2.39. The van der Waals surface area contributed by atoms with Crippen molar-refractivity contribution >= 4 is 34.7 Å². The van der Waals surface area contributed by atoms with Crippen LogP contribution >= 0.6 is 11.6 Å². The lowest BCUT2D eigenvalue weighted by Crippen LogP contribution is -2.10. The third kappa shape index (κ3) is 2.81. The maximum absolute atomic E-state index is 10.9. The molecule has 9 heteroatoms. The summed E-state index contributed by atoms with van der Waals surface area (Å²) in [5, 5.41) is 13.4. The van der Waals surface area contributed by atoms with Crippen LogP contribution in [0.5, 0.6) is 0 Å². The van der Waals surface area contributed by atoms with Gasteiger partial charge in [-0.15, -0.1) is 0 Å². The summed E-state index contributed by atoms with van der Waals surface area (Å²) in [6.45, 7) is 0. The van der Waals surface area contributed by atoms with Gasteiger partial charge in [0.2, 0.25) is 16.9 Å². The number of nitrogens with zero attached hydrogens (tertiary/aromatic N) is 3. The van der Waals surface area contributed by atoms with Crippen molar-refractivity contribution in [2.75, 3.05) is 5.32 Å². The fourth-order valence-electron chi connectivity index (χ4n) is 1.47. The van der Waals surface area contributed by atoms with Crippen molar-refractivity contribution in [2.45, 2.75) is 0 Å². The van der Waals surface area contributed by atoms with Crippen molar-refractivity contribution in [3.63, 3.8) is 0 Å². The van der Waals surface area contributed by atoms with E-state index in [4.69, 9.17) is 17.3 Å². The Morgan fingerprint density at radius 1 is 1.30 bits per heavy atom. The quantitative estimate of drug-likeness (QED) is 0.504. The Morgan fingerprint density at radius 3 is 2.50 bits per heavy atom. The zero-order chi connectivity index (χ0) is 14.7. The third-order valence-electron chi connectivity index (χ3n) is 2.39. The summed E-state index contributed by atoms with van der Waals surface area (Å²) in [7, 11) is 0. The predicted octanol–water partition coefficient (Wildman–Crippen LogP) is 1.88. The van der Waals surface area contributed by atoms with E-state index in [1.54, 1.807) is 12.1 Å². The van der Waals surface area contributed by atoms with Crippen molar-refractivity contribution in [1.82, 2.24) is 9.97 Å². The largest absolute Gasteiger partial charge is 0.366 e. The van der Waals surface area contributed by atoms with Gasteiger partial charge in [0.1, 0.15) is 6.33 Å². The number of carbonyl (C=O) groups excluding carboxylic acids is 1. The van der Waals surface area contributed by atoms with E-state index in [-0.39, 0.29) is 11.0 Å². The summed E-state index contributed by atoms with van der Waals surface area (Å²) in [5.41, 5.74) is 5.51. The first-order chi connectivity index (χ1) is 9.49. The molecule has 20 heavy (non-hydrogen) atoms. The Kier molecular flexibility index (Phi) is 3.76. The normalized spacial score (nSPS) is 10.1. The molecule has 0 aliphatic rings. The van der Waals surface area contributed by atoms with Gasteiger partial charge in [-0.1, -0.05) is 11.6 Å². The average molecular weight is 294 g/mol. The monoisotopic (exact) mass is 293 g/mol. The van der Waals surface area contributed by atoms with Crippen LogP contribution in [0.3, 0.4) is 0 Å². The molecule has 0 unspecified atom stereocenters. The van der Waals surface area contributed by atoms with E-state index in [1.807, 2.05) is 0 Å². The fraction of sp³-hybridized carbons (Fsp3) is 0. The number of hydrogen-bond donors (Lipinski definition) is 2. The van der Waals surface area contributed by atoms with E-state index in [0.717, 1.165) is 6.33 Å². The molecule has 0 spiro atoms. The van der Waals surface area contributed by atoms with Crippen LogP contribution in [-0.4, -0.2) is 20.8 Å². The van der Waals surface area contributed by atoms with Crippen LogP contribution in [0.1, 0.15) is 10.4 Å². The molecule has 102 valence electrons. The van der Waals surface area contributed by atoms with Gasteiger partial charge in [-0.3, -0.25) is 14.9 Å². The van der Waals surface area contributed by atoms with Crippen LogP contribution in [0.25, 0.3) is 0 Å². The Labute approximate surface area is 117 Å². The molecule has 1 amide bonds. The number of anilines is 2. The second kappa shape index (κ2) is 5.49. The van der Waals surface area contributed by atoms with E-state index < -0.39 is 16.5 Å². The number of carbonyl (C=O) groups is 1. The molecule has 0 atom stereocenters. The summed E-state index contributed by atoms with van der Waals surface area (Å²) in [6.07, 6.45) is 1.11. The van der Waals surface area contributed by atoms with Crippen LogP contribution < -0.4 is 11.1 Å². The van der Waals surface area contributed by atoms with Crippen molar-refractivity contribution < 1.29 is 9.72 Å². The maximum Gasteiger partial charge on any atom is 0.348 e. The van der Waals surface area contributed by atoms with E-state index >= 15 is 0 Å². The molecule has 0 aliphatic heterocycles. The van der Waals surface area contributed by atoms with E-state index in [9.17, 15) is 14.9 Å². The minimum absolute atomic E-state index is 0.0400. The maximum atomic E-state index is 10.9.